The van der Waals surface area contributed by atoms with Crippen LogP contribution in [0.4, 0.5) is 0 Å². The molecule has 0 aliphatic carbocycles. The molecule has 0 unspecified atom stereocenters. The Bertz CT molecular complexity index is 636. The molecule has 1 aliphatic rings. The lowest BCUT2D eigenvalue weighted by atomic mass is 10.2. The van der Waals surface area contributed by atoms with Crippen molar-refractivity contribution in [2.45, 2.75) is 0 Å². The topological polar surface area (TPSA) is 87.9 Å². The fourth-order valence-electron chi connectivity index (χ4n) is 1.33. The highest BCUT2D eigenvalue weighted by atomic mass is 35.5. The molecule has 96 valence electrons. The number of halogens is 1. The molecule has 0 aromatic carbocycles. The molecule has 6 nitrogen and oxygen atoms in total. The molecule has 0 fully saturated rings. The van der Waals surface area contributed by atoms with Crippen molar-refractivity contribution in [3.63, 3.8) is 0 Å². The van der Waals surface area contributed by atoms with Gasteiger partial charge in [-0.25, -0.2) is 14.8 Å². The standard InChI is InChI=1S/C11H7ClN4O2S/c1-18-10(17)8-5-19-9(15-8)6(4-13)7-2-3-14-11(12)16-7/h2-3,5,15H,1H3/b9-6-. The SMILES string of the molecule is COC(=O)C1=CS/C(=C(/C#N)c2ccnc(Cl)n2)N1. The smallest absolute Gasteiger partial charge is 0.355 e. The third-order valence-electron chi connectivity index (χ3n) is 2.17. The van der Waals surface area contributed by atoms with Gasteiger partial charge in [0, 0.05) is 11.6 Å². The first kappa shape index (κ1) is 13.4. The number of hydrogen-bond acceptors (Lipinski definition) is 7. The van der Waals surface area contributed by atoms with Crippen molar-refractivity contribution in [2.24, 2.45) is 0 Å². The number of carbonyl (C=O) groups is 1. The molecule has 0 radical (unpaired) electrons. The molecule has 0 spiro atoms. The Morgan fingerprint density at radius 1 is 1.63 bits per heavy atom. The number of ether oxygens (including phenoxy) is 1. The predicted octanol–water partition coefficient (Wildman–Crippen LogP) is 1.67. The molecule has 2 rings (SSSR count). The van der Waals surface area contributed by atoms with Crippen LogP contribution in [0.25, 0.3) is 5.57 Å². The Morgan fingerprint density at radius 2 is 2.42 bits per heavy atom. The number of nitrogens with one attached hydrogen (secondary N) is 1. The van der Waals surface area contributed by atoms with Crippen molar-refractivity contribution in [2.75, 3.05) is 7.11 Å². The van der Waals surface area contributed by atoms with E-state index in [0.717, 1.165) is 0 Å². The third kappa shape index (κ3) is 2.86. The summed E-state index contributed by atoms with van der Waals surface area (Å²) >= 11 is 6.89. The number of rotatable bonds is 2. The lowest BCUT2D eigenvalue weighted by molar-refractivity contribution is -0.136. The summed E-state index contributed by atoms with van der Waals surface area (Å²) in [6.45, 7) is 0. The van der Waals surface area contributed by atoms with E-state index in [2.05, 4.69) is 20.0 Å². The molecule has 8 heteroatoms. The van der Waals surface area contributed by atoms with Gasteiger partial charge in [-0.1, -0.05) is 11.8 Å². The molecule has 0 saturated heterocycles. The first-order chi connectivity index (χ1) is 9.15. The van der Waals surface area contributed by atoms with Crippen molar-refractivity contribution < 1.29 is 9.53 Å². The maximum atomic E-state index is 11.3. The summed E-state index contributed by atoms with van der Waals surface area (Å²) in [5.74, 6) is -0.500. The highest BCUT2D eigenvalue weighted by Crippen LogP contribution is 2.31. The summed E-state index contributed by atoms with van der Waals surface area (Å²) in [6.07, 6.45) is 1.46. The van der Waals surface area contributed by atoms with Gasteiger partial charge >= 0.3 is 5.97 Å². The molecule has 0 atom stereocenters. The van der Waals surface area contributed by atoms with E-state index in [1.165, 1.54) is 25.1 Å². The number of thioether (sulfide) groups is 1. The number of methoxy groups -OCH3 is 1. The summed E-state index contributed by atoms with van der Waals surface area (Å²) < 4.78 is 4.59. The first-order valence-electron chi connectivity index (χ1n) is 5.01. The van der Waals surface area contributed by atoms with Crippen molar-refractivity contribution in [1.82, 2.24) is 15.3 Å². The van der Waals surface area contributed by atoms with Crippen LogP contribution in [0.5, 0.6) is 0 Å². The van der Waals surface area contributed by atoms with E-state index in [-0.39, 0.29) is 16.6 Å². The predicted molar refractivity (Wildman–Crippen MR) is 70.4 cm³/mol. The van der Waals surface area contributed by atoms with Crippen LogP contribution < -0.4 is 5.32 Å². The van der Waals surface area contributed by atoms with Gasteiger partial charge < -0.3 is 10.1 Å². The monoisotopic (exact) mass is 294 g/mol. The maximum absolute atomic E-state index is 11.3. The molecule has 0 amide bonds. The summed E-state index contributed by atoms with van der Waals surface area (Å²) in [4.78, 5) is 19.1. The van der Waals surface area contributed by atoms with Crippen LogP contribution in [0.3, 0.4) is 0 Å². The average molecular weight is 295 g/mol. The first-order valence-corrected chi connectivity index (χ1v) is 6.27. The second-order valence-corrected chi connectivity index (χ2v) is 4.51. The Hall–Kier alpha value is -2.04. The molecule has 1 aromatic heterocycles. The Morgan fingerprint density at radius 3 is 3.05 bits per heavy atom. The number of esters is 1. The van der Waals surface area contributed by atoms with E-state index in [1.807, 2.05) is 6.07 Å². The van der Waals surface area contributed by atoms with E-state index in [1.54, 1.807) is 11.5 Å². The summed E-state index contributed by atoms with van der Waals surface area (Å²) in [5.41, 5.74) is 0.942. The molecular formula is C11H7ClN4O2S. The number of aromatic nitrogens is 2. The van der Waals surface area contributed by atoms with Crippen LogP contribution in [0.1, 0.15) is 5.69 Å². The van der Waals surface area contributed by atoms with Crippen molar-refractivity contribution in [3.8, 4) is 6.07 Å². The molecule has 2 heterocycles. The van der Waals surface area contributed by atoms with Gasteiger partial charge in [-0.05, 0) is 17.7 Å². The highest BCUT2D eigenvalue weighted by molar-refractivity contribution is 8.06. The normalized spacial score (nSPS) is 16.2. The van der Waals surface area contributed by atoms with Crippen LogP contribution in [-0.2, 0) is 9.53 Å². The highest BCUT2D eigenvalue weighted by Gasteiger charge is 2.21. The van der Waals surface area contributed by atoms with Crippen molar-refractivity contribution in [3.05, 3.63) is 39.4 Å². The van der Waals surface area contributed by atoms with E-state index >= 15 is 0 Å². The molecule has 1 aliphatic heterocycles. The van der Waals surface area contributed by atoms with E-state index in [4.69, 9.17) is 11.6 Å². The molecule has 0 saturated carbocycles. The third-order valence-corrected chi connectivity index (χ3v) is 3.25. The zero-order valence-electron chi connectivity index (χ0n) is 9.68. The summed E-state index contributed by atoms with van der Waals surface area (Å²) in [5, 5.41) is 14.1. The number of nitriles is 1. The van der Waals surface area contributed by atoms with Crippen LogP contribution >= 0.6 is 23.4 Å². The van der Waals surface area contributed by atoms with Gasteiger partial charge in [0.05, 0.1) is 17.8 Å². The minimum absolute atomic E-state index is 0.0509. The Kier molecular flexibility index (Phi) is 4.04. The second kappa shape index (κ2) is 5.73. The Labute approximate surface area is 118 Å². The molecule has 0 bridgehead atoms. The fraction of sp³-hybridized carbons (Fsp3) is 0.0909. The van der Waals surface area contributed by atoms with Gasteiger partial charge in [0.1, 0.15) is 17.3 Å². The fourth-order valence-corrected chi connectivity index (χ4v) is 2.30. The van der Waals surface area contributed by atoms with Gasteiger partial charge in [0.2, 0.25) is 5.28 Å². The van der Waals surface area contributed by atoms with Gasteiger partial charge in [0.25, 0.3) is 0 Å². The molecule has 19 heavy (non-hydrogen) atoms. The number of carbonyl (C=O) groups excluding carboxylic acids is 1. The second-order valence-electron chi connectivity index (χ2n) is 3.29. The van der Waals surface area contributed by atoms with Crippen molar-refractivity contribution >= 4 is 34.9 Å². The van der Waals surface area contributed by atoms with Gasteiger partial charge in [0.15, 0.2) is 0 Å². The van der Waals surface area contributed by atoms with Crippen LogP contribution in [0.2, 0.25) is 5.28 Å². The van der Waals surface area contributed by atoms with Gasteiger partial charge in [-0.15, -0.1) is 0 Å². The molecule has 1 aromatic rings. The largest absolute Gasteiger partial charge is 0.464 e. The summed E-state index contributed by atoms with van der Waals surface area (Å²) in [6, 6.07) is 3.59. The lowest BCUT2D eigenvalue weighted by Crippen LogP contribution is -2.16. The zero-order valence-corrected chi connectivity index (χ0v) is 11.2. The zero-order chi connectivity index (χ0) is 13.8. The van der Waals surface area contributed by atoms with Crippen LogP contribution in [0.15, 0.2) is 28.4 Å². The van der Waals surface area contributed by atoms with Crippen LogP contribution in [-0.4, -0.2) is 23.0 Å². The van der Waals surface area contributed by atoms with E-state index in [0.29, 0.717) is 10.7 Å². The van der Waals surface area contributed by atoms with Crippen LogP contribution in [0, 0.1) is 11.3 Å². The molecule has 1 N–H and O–H groups in total. The molecular weight excluding hydrogens is 288 g/mol. The van der Waals surface area contributed by atoms with E-state index in [9.17, 15) is 10.1 Å². The number of allylic oxidation sites excluding steroid dienone is 1. The summed E-state index contributed by atoms with van der Waals surface area (Å²) in [7, 11) is 1.28. The maximum Gasteiger partial charge on any atom is 0.355 e. The minimum Gasteiger partial charge on any atom is -0.464 e. The quantitative estimate of drug-likeness (QED) is 0.504. The number of hydrogen-bond donors (Lipinski definition) is 1. The average Bonchev–Trinajstić information content (AvgIpc) is 2.88. The van der Waals surface area contributed by atoms with Gasteiger partial charge in [-0.3, -0.25) is 0 Å². The Balaban J connectivity index is 2.32. The van der Waals surface area contributed by atoms with E-state index < -0.39 is 5.97 Å². The lowest BCUT2D eigenvalue weighted by Gasteiger charge is -2.05. The minimum atomic E-state index is -0.500. The van der Waals surface area contributed by atoms with Crippen molar-refractivity contribution in [1.29, 1.82) is 5.26 Å². The number of nitrogens with zero attached hydrogens (tertiary/aromatic N) is 3. The van der Waals surface area contributed by atoms with Gasteiger partial charge in [-0.2, -0.15) is 5.26 Å².